The second kappa shape index (κ2) is 7.51. The lowest BCUT2D eigenvalue weighted by molar-refractivity contribution is 0.577. The highest BCUT2D eigenvalue weighted by atomic mass is 35.5. The van der Waals surface area contributed by atoms with Crippen LogP contribution in [0.4, 0.5) is 4.39 Å². The van der Waals surface area contributed by atoms with E-state index < -0.39 is 0 Å². The van der Waals surface area contributed by atoms with E-state index in [1.54, 1.807) is 6.07 Å². The molecule has 0 spiro atoms. The van der Waals surface area contributed by atoms with Crippen molar-refractivity contribution in [3.8, 4) is 0 Å². The van der Waals surface area contributed by atoms with Gasteiger partial charge >= 0.3 is 0 Å². The lowest BCUT2D eigenvalue weighted by Gasteiger charge is -2.17. The Morgan fingerprint density at radius 3 is 2.88 bits per heavy atom. The summed E-state index contributed by atoms with van der Waals surface area (Å²) in [6.45, 7) is 4.24. The topological polar surface area (TPSA) is 29.9 Å². The molecule has 0 radical (unpaired) electrons. The largest absolute Gasteiger partial charge is 0.324 e. The zero-order valence-corrected chi connectivity index (χ0v) is 15.0. The molecule has 2 aromatic heterocycles. The van der Waals surface area contributed by atoms with Gasteiger partial charge in [0.1, 0.15) is 11.5 Å². The minimum Gasteiger partial charge on any atom is -0.324 e. The molecule has 1 aromatic carbocycles. The Morgan fingerprint density at radius 1 is 1.25 bits per heavy atom. The third kappa shape index (κ3) is 3.14. The van der Waals surface area contributed by atoms with E-state index in [4.69, 9.17) is 0 Å². The van der Waals surface area contributed by atoms with Crippen LogP contribution in [0.5, 0.6) is 0 Å². The minimum absolute atomic E-state index is 0. The molecule has 1 N–H and O–H groups in total. The van der Waals surface area contributed by atoms with Gasteiger partial charge < -0.3 is 9.88 Å². The zero-order valence-electron chi connectivity index (χ0n) is 13.4. The Hall–Kier alpha value is -1.62. The molecule has 0 bridgehead atoms. The van der Waals surface area contributed by atoms with Gasteiger partial charge in [0.15, 0.2) is 0 Å². The van der Waals surface area contributed by atoms with Crippen molar-refractivity contribution in [3.63, 3.8) is 0 Å². The number of pyridine rings is 1. The van der Waals surface area contributed by atoms with E-state index in [1.165, 1.54) is 16.6 Å². The van der Waals surface area contributed by atoms with Crippen LogP contribution < -0.4 is 5.32 Å². The van der Waals surface area contributed by atoms with Crippen molar-refractivity contribution in [2.24, 2.45) is 0 Å². The molecule has 3 aromatic rings. The molecule has 1 aliphatic rings. The smallest absolute Gasteiger partial charge is 0.140 e. The van der Waals surface area contributed by atoms with Gasteiger partial charge in [-0.15, -0.1) is 24.8 Å². The van der Waals surface area contributed by atoms with E-state index in [1.807, 2.05) is 31.3 Å². The van der Waals surface area contributed by atoms with E-state index in [0.717, 1.165) is 30.7 Å². The summed E-state index contributed by atoms with van der Waals surface area (Å²) in [6, 6.07) is 9.53. The van der Waals surface area contributed by atoms with Gasteiger partial charge in [0.05, 0.1) is 6.54 Å². The van der Waals surface area contributed by atoms with Crippen LogP contribution in [0.3, 0.4) is 0 Å². The van der Waals surface area contributed by atoms with E-state index in [2.05, 4.69) is 20.9 Å². The number of hydrogen-bond acceptors (Lipinski definition) is 2. The molecule has 6 heteroatoms. The summed E-state index contributed by atoms with van der Waals surface area (Å²) in [5.41, 5.74) is 5.20. The number of rotatable bonds is 2. The fourth-order valence-corrected chi connectivity index (χ4v) is 3.32. The summed E-state index contributed by atoms with van der Waals surface area (Å²) in [7, 11) is 0. The third-order valence-electron chi connectivity index (χ3n) is 4.42. The number of benzene rings is 1. The van der Waals surface area contributed by atoms with Crippen molar-refractivity contribution in [2.75, 3.05) is 6.54 Å². The first-order valence-electron chi connectivity index (χ1n) is 7.65. The van der Waals surface area contributed by atoms with E-state index in [-0.39, 0.29) is 30.6 Å². The van der Waals surface area contributed by atoms with E-state index in [0.29, 0.717) is 12.1 Å². The summed E-state index contributed by atoms with van der Waals surface area (Å²) >= 11 is 0. The van der Waals surface area contributed by atoms with Crippen molar-refractivity contribution >= 4 is 35.8 Å². The number of aromatic nitrogens is 2. The Morgan fingerprint density at radius 2 is 2.08 bits per heavy atom. The van der Waals surface area contributed by atoms with E-state index >= 15 is 0 Å². The molecule has 0 amide bonds. The molecule has 0 saturated carbocycles. The molecule has 0 atom stereocenters. The highest BCUT2D eigenvalue weighted by Crippen LogP contribution is 2.28. The lowest BCUT2D eigenvalue weighted by Crippen LogP contribution is -2.25. The molecule has 0 unspecified atom stereocenters. The first-order valence-corrected chi connectivity index (χ1v) is 7.65. The van der Waals surface area contributed by atoms with Crippen molar-refractivity contribution in [3.05, 3.63) is 64.7 Å². The average molecular weight is 368 g/mol. The molecule has 0 fully saturated rings. The van der Waals surface area contributed by atoms with Gasteiger partial charge in [0.25, 0.3) is 0 Å². The Balaban J connectivity index is 0.00000104. The SMILES string of the molecule is Cc1ccc(Cn2c3c(c4cccnc42)CCNC3)c(F)c1.Cl.Cl. The van der Waals surface area contributed by atoms with Crippen molar-refractivity contribution in [1.82, 2.24) is 14.9 Å². The molecule has 24 heavy (non-hydrogen) atoms. The molecule has 0 aliphatic carbocycles. The number of fused-ring (bicyclic) bond motifs is 3. The summed E-state index contributed by atoms with van der Waals surface area (Å²) < 4.78 is 16.4. The van der Waals surface area contributed by atoms with Gasteiger partial charge in [-0.3, -0.25) is 0 Å². The van der Waals surface area contributed by atoms with Gasteiger partial charge in [-0.1, -0.05) is 12.1 Å². The third-order valence-corrected chi connectivity index (χ3v) is 4.42. The fraction of sp³-hybridized carbons (Fsp3) is 0.278. The highest BCUT2D eigenvalue weighted by Gasteiger charge is 2.20. The monoisotopic (exact) mass is 367 g/mol. The van der Waals surface area contributed by atoms with Crippen LogP contribution in [-0.4, -0.2) is 16.1 Å². The van der Waals surface area contributed by atoms with Gasteiger partial charge in [-0.05, 0) is 49.2 Å². The minimum atomic E-state index is -0.143. The molecule has 1 aliphatic heterocycles. The number of aryl methyl sites for hydroxylation is 1. The zero-order chi connectivity index (χ0) is 15.1. The summed E-state index contributed by atoms with van der Waals surface area (Å²) in [5.74, 6) is -0.143. The maximum atomic E-state index is 14.2. The first-order chi connectivity index (χ1) is 10.7. The molecule has 128 valence electrons. The number of hydrogen-bond donors (Lipinski definition) is 1. The quantitative estimate of drug-likeness (QED) is 0.741. The van der Waals surface area contributed by atoms with Crippen LogP contribution in [0, 0.1) is 12.7 Å². The average Bonchev–Trinajstić information content (AvgIpc) is 2.85. The number of nitrogens with zero attached hydrogens (tertiary/aromatic N) is 2. The molecular weight excluding hydrogens is 348 g/mol. The van der Waals surface area contributed by atoms with Crippen molar-refractivity contribution in [1.29, 1.82) is 0 Å². The van der Waals surface area contributed by atoms with Crippen LogP contribution in [0.1, 0.15) is 22.4 Å². The maximum absolute atomic E-state index is 14.2. The first kappa shape index (κ1) is 18.7. The molecule has 3 heterocycles. The van der Waals surface area contributed by atoms with Crippen LogP contribution in [0.15, 0.2) is 36.5 Å². The molecule has 4 rings (SSSR count). The van der Waals surface area contributed by atoms with Crippen LogP contribution >= 0.6 is 24.8 Å². The van der Waals surface area contributed by atoms with Crippen LogP contribution in [0.25, 0.3) is 11.0 Å². The van der Waals surface area contributed by atoms with Gasteiger partial charge in [-0.2, -0.15) is 0 Å². The standard InChI is InChI=1S/C18H18FN3.2ClH/c1-12-4-5-13(16(19)9-12)11-22-17-10-20-8-6-14(17)15-3-2-7-21-18(15)22;;/h2-5,7,9,20H,6,8,10-11H2,1H3;2*1H. The predicted octanol–water partition coefficient (Wildman–Crippen LogP) is 4.02. The van der Waals surface area contributed by atoms with Gasteiger partial charge in [0, 0.05) is 29.4 Å². The summed E-state index contributed by atoms with van der Waals surface area (Å²) in [5, 5.41) is 4.61. The normalized spacial score (nSPS) is 13.1. The summed E-state index contributed by atoms with van der Waals surface area (Å²) in [6.07, 6.45) is 2.81. The maximum Gasteiger partial charge on any atom is 0.140 e. The highest BCUT2D eigenvalue weighted by molar-refractivity contribution is 5.85. The fourth-order valence-electron chi connectivity index (χ4n) is 3.32. The van der Waals surface area contributed by atoms with Gasteiger partial charge in [-0.25, -0.2) is 9.37 Å². The van der Waals surface area contributed by atoms with Crippen molar-refractivity contribution in [2.45, 2.75) is 26.4 Å². The van der Waals surface area contributed by atoms with Crippen molar-refractivity contribution < 1.29 is 4.39 Å². The second-order valence-electron chi connectivity index (χ2n) is 5.91. The number of nitrogens with one attached hydrogen (secondary N) is 1. The van der Waals surface area contributed by atoms with Gasteiger partial charge in [0.2, 0.25) is 0 Å². The van der Waals surface area contributed by atoms with Crippen LogP contribution in [0.2, 0.25) is 0 Å². The number of halogens is 3. The van der Waals surface area contributed by atoms with E-state index in [9.17, 15) is 4.39 Å². The molecular formula is C18H20Cl2FN3. The molecule has 3 nitrogen and oxygen atoms in total. The lowest BCUT2D eigenvalue weighted by atomic mass is 10.1. The summed E-state index contributed by atoms with van der Waals surface area (Å²) in [4.78, 5) is 4.54. The second-order valence-corrected chi connectivity index (χ2v) is 5.91. The molecule has 0 saturated heterocycles. The Labute approximate surface area is 153 Å². The predicted molar refractivity (Wildman–Crippen MR) is 99.9 cm³/mol. The van der Waals surface area contributed by atoms with Crippen LogP contribution in [-0.2, 0) is 19.5 Å². The Bertz CT molecular complexity index is 861. The Kier molecular flexibility index (Phi) is 5.86.